The molecule has 0 aliphatic carbocycles. The molecule has 7 aromatic rings. The molecule has 0 saturated heterocycles. The summed E-state index contributed by atoms with van der Waals surface area (Å²) in [5, 5.41) is 21.3. The van der Waals surface area contributed by atoms with Crippen LogP contribution in [0.25, 0.3) is 39.3 Å². The number of aryl methyl sites for hydroxylation is 1. The average Bonchev–Trinajstić information content (AvgIpc) is 3.97. The summed E-state index contributed by atoms with van der Waals surface area (Å²) in [4.78, 5) is 37.9. The van der Waals surface area contributed by atoms with Crippen LogP contribution in [0.3, 0.4) is 0 Å². The summed E-state index contributed by atoms with van der Waals surface area (Å²) in [7, 11) is 1.39. The predicted molar refractivity (Wildman–Crippen MR) is 189 cm³/mol. The predicted octanol–water partition coefficient (Wildman–Crippen LogP) is 5.17. The monoisotopic (exact) mass is 827 g/mol. The SMILES string of the molecule is Cn1nc(F)c2nc(-c3ccc(F)c4c3CCN([C@H](Cc3cnn(C(F)F)c3)C(=O)NC(C)(C)Cn3nc(C(F)(F)F)cc3-c3cnc5nncn5c3)C4=O)c(F)cc21. The molecule has 59 heavy (non-hydrogen) atoms. The maximum atomic E-state index is 15.7. The van der Waals surface area contributed by atoms with Crippen molar-refractivity contribution in [1.82, 2.24) is 64.1 Å². The summed E-state index contributed by atoms with van der Waals surface area (Å²) in [6.45, 7) is -0.703. The van der Waals surface area contributed by atoms with Crippen molar-refractivity contribution in [3.63, 3.8) is 0 Å². The van der Waals surface area contributed by atoms with Crippen LogP contribution in [0.2, 0.25) is 0 Å². The molecule has 8 rings (SSSR count). The van der Waals surface area contributed by atoms with Crippen molar-refractivity contribution in [2.45, 2.75) is 57.5 Å². The molecule has 0 bridgehead atoms. The van der Waals surface area contributed by atoms with Crippen LogP contribution in [-0.4, -0.2) is 88.7 Å². The number of benzene rings is 1. The van der Waals surface area contributed by atoms with Gasteiger partial charge in [-0.15, -0.1) is 15.3 Å². The number of carbonyl (C=O) groups is 2. The van der Waals surface area contributed by atoms with Gasteiger partial charge < -0.3 is 10.2 Å². The molecular formula is C36H29F8N13O2. The molecule has 306 valence electrons. The first-order valence-electron chi connectivity index (χ1n) is 17.6. The smallest absolute Gasteiger partial charge is 0.348 e. The van der Waals surface area contributed by atoms with Gasteiger partial charge in [-0.05, 0) is 49.6 Å². The summed E-state index contributed by atoms with van der Waals surface area (Å²) in [6, 6.07) is 2.40. The number of rotatable bonds is 10. The Morgan fingerprint density at radius 1 is 1.02 bits per heavy atom. The molecule has 0 fully saturated rings. The largest absolute Gasteiger partial charge is 0.435 e. The molecule has 0 saturated carbocycles. The third-order valence-corrected chi connectivity index (χ3v) is 9.82. The molecule has 0 spiro atoms. The van der Waals surface area contributed by atoms with Crippen LogP contribution in [0.5, 0.6) is 0 Å². The average molecular weight is 828 g/mol. The molecule has 1 aliphatic heterocycles. The van der Waals surface area contributed by atoms with Crippen LogP contribution >= 0.6 is 0 Å². The summed E-state index contributed by atoms with van der Waals surface area (Å²) < 4.78 is 119. The number of nitrogens with one attached hydrogen (secondary N) is 1. The van der Waals surface area contributed by atoms with E-state index in [4.69, 9.17) is 0 Å². The third-order valence-electron chi connectivity index (χ3n) is 9.82. The second kappa shape index (κ2) is 14.2. The fraction of sp³-hybridized carbons (Fsp3) is 0.306. The van der Waals surface area contributed by atoms with E-state index in [0.717, 1.165) is 44.9 Å². The Hall–Kier alpha value is -6.81. The van der Waals surface area contributed by atoms with Gasteiger partial charge in [0.15, 0.2) is 11.5 Å². The van der Waals surface area contributed by atoms with E-state index in [-0.39, 0.29) is 70.0 Å². The van der Waals surface area contributed by atoms with Crippen LogP contribution in [0.15, 0.2) is 55.4 Å². The van der Waals surface area contributed by atoms with E-state index in [0.29, 0.717) is 4.68 Å². The van der Waals surface area contributed by atoms with Crippen molar-refractivity contribution in [2.24, 2.45) is 7.05 Å². The number of pyridine rings is 1. The Morgan fingerprint density at radius 3 is 2.53 bits per heavy atom. The minimum Gasteiger partial charge on any atom is -0.348 e. The van der Waals surface area contributed by atoms with Gasteiger partial charge in [0.2, 0.25) is 5.91 Å². The first kappa shape index (κ1) is 39.0. The van der Waals surface area contributed by atoms with Gasteiger partial charge in [0.05, 0.1) is 35.1 Å². The lowest BCUT2D eigenvalue weighted by atomic mass is 9.90. The Bertz CT molecular complexity index is 2790. The fourth-order valence-corrected chi connectivity index (χ4v) is 7.17. The van der Waals surface area contributed by atoms with E-state index in [1.54, 1.807) is 0 Å². The van der Waals surface area contributed by atoms with E-state index < -0.39 is 71.4 Å². The molecule has 0 radical (unpaired) electrons. The molecule has 6 aromatic heterocycles. The van der Waals surface area contributed by atoms with Gasteiger partial charge in [0.1, 0.15) is 29.4 Å². The molecule has 1 aliphatic rings. The van der Waals surface area contributed by atoms with Crippen LogP contribution in [0.4, 0.5) is 35.1 Å². The number of hydrogen-bond acceptors (Lipinski definition) is 9. The summed E-state index contributed by atoms with van der Waals surface area (Å²) in [6.07, 6.45) is 0.652. The number of fused-ring (bicyclic) bond motifs is 3. The van der Waals surface area contributed by atoms with Crippen molar-refractivity contribution in [1.29, 1.82) is 0 Å². The molecular weight excluding hydrogens is 798 g/mol. The van der Waals surface area contributed by atoms with E-state index in [1.165, 1.54) is 50.1 Å². The van der Waals surface area contributed by atoms with Crippen molar-refractivity contribution < 1.29 is 44.7 Å². The van der Waals surface area contributed by atoms with Crippen LogP contribution in [-0.2, 0) is 37.4 Å². The first-order valence-corrected chi connectivity index (χ1v) is 17.6. The molecule has 23 heteroatoms. The molecule has 1 atom stereocenters. The number of nitrogens with zero attached hydrogens (tertiary/aromatic N) is 12. The van der Waals surface area contributed by atoms with E-state index in [9.17, 15) is 35.9 Å². The lowest BCUT2D eigenvalue weighted by Gasteiger charge is -2.37. The molecule has 15 nitrogen and oxygen atoms in total. The topological polar surface area (TPSA) is 159 Å². The fourth-order valence-electron chi connectivity index (χ4n) is 7.17. The second-order valence-corrected chi connectivity index (χ2v) is 14.4. The van der Waals surface area contributed by atoms with Crippen LogP contribution in [0, 0.1) is 17.6 Å². The number of carbonyl (C=O) groups excluding carboxylic acids is 2. The van der Waals surface area contributed by atoms with Gasteiger partial charge in [0, 0.05) is 55.8 Å². The Balaban J connectivity index is 1.13. The third kappa shape index (κ3) is 7.20. The van der Waals surface area contributed by atoms with Gasteiger partial charge in [-0.1, -0.05) is 0 Å². The van der Waals surface area contributed by atoms with Gasteiger partial charge in [-0.25, -0.2) is 23.4 Å². The summed E-state index contributed by atoms with van der Waals surface area (Å²) >= 11 is 0. The zero-order valence-corrected chi connectivity index (χ0v) is 30.9. The highest BCUT2D eigenvalue weighted by atomic mass is 19.4. The van der Waals surface area contributed by atoms with Crippen LogP contribution < -0.4 is 5.32 Å². The van der Waals surface area contributed by atoms with Crippen molar-refractivity contribution >= 4 is 28.6 Å². The molecule has 0 unspecified atom stereocenters. The van der Waals surface area contributed by atoms with Gasteiger partial charge in [-0.2, -0.15) is 36.5 Å². The number of hydrogen-bond donors (Lipinski definition) is 1. The first-order chi connectivity index (χ1) is 27.9. The highest BCUT2D eigenvalue weighted by molar-refractivity contribution is 6.01. The van der Waals surface area contributed by atoms with Crippen molar-refractivity contribution in [3.8, 4) is 22.5 Å². The standard InChI is InChI=1S/C36H29F8N13O2/c1-35(2,15-57-23(10-26(51-57)36(42,43)44)18-12-45-34-50-46-16-54(34)14-18)49-31(58)25(8-17-11-47-56(13-17)33(40)41)55-7-6-19-20(4-5-21(37)27(19)32(55)59)28-22(38)9-24-29(48-28)30(39)52-53(24)3/h4-5,9-14,16,25,33H,6-8,15H2,1-3H3,(H,49,58)/t25-/m1/s1. The van der Waals surface area contributed by atoms with Crippen molar-refractivity contribution in [2.75, 3.05) is 6.54 Å². The highest BCUT2D eigenvalue weighted by Crippen LogP contribution is 2.36. The Kier molecular flexibility index (Phi) is 9.42. The lowest BCUT2D eigenvalue weighted by molar-refractivity contribution is -0.141. The number of aromatic nitrogens is 11. The van der Waals surface area contributed by atoms with Gasteiger partial charge in [-0.3, -0.25) is 23.4 Å². The lowest BCUT2D eigenvalue weighted by Crippen LogP contribution is -2.58. The summed E-state index contributed by atoms with van der Waals surface area (Å²) in [5.74, 6) is -4.62. The molecule has 1 aromatic carbocycles. The number of alkyl halides is 5. The maximum absolute atomic E-state index is 15.7. The van der Waals surface area contributed by atoms with Crippen LogP contribution in [0.1, 0.15) is 47.6 Å². The Labute approximate surface area is 326 Å². The molecule has 7 heterocycles. The van der Waals surface area contributed by atoms with E-state index >= 15 is 8.78 Å². The number of halogens is 8. The van der Waals surface area contributed by atoms with E-state index in [1.807, 2.05) is 0 Å². The zero-order chi connectivity index (χ0) is 42.1. The second-order valence-electron chi connectivity index (χ2n) is 14.4. The minimum absolute atomic E-state index is 0.00991. The van der Waals surface area contributed by atoms with Gasteiger partial charge >= 0.3 is 12.7 Å². The number of amides is 2. The zero-order valence-electron chi connectivity index (χ0n) is 30.9. The van der Waals surface area contributed by atoms with Crippen molar-refractivity contribution in [3.05, 3.63) is 95.3 Å². The van der Waals surface area contributed by atoms with Gasteiger partial charge in [0.25, 0.3) is 17.6 Å². The Morgan fingerprint density at radius 2 is 1.80 bits per heavy atom. The molecule has 1 N–H and O–H groups in total. The highest BCUT2D eigenvalue weighted by Gasteiger charge is 2.40. The summed E-state index contributed by atoms with van der Waals surface area (Å²) in [5.41, 5.74) is -3.48. The normalized spacial score (nSPS) is 14.2. The maximum Gasteiger partial charge on any atom is 0.435 e. The van der Waals surface area contributed by atoms with E-state index in [2.05, 4.69) is 40.8 Å². The molecule has 2 amide bonds. The quantitative estimate of drug-likeness (QED) is 0.184. The minimum atomic E-state index is -4.85.